The van der Waals surface area contributed by atoms with E-state index in [2.05, 4.69) is 5.32 Å². The number of rotatable bonds is 4. The Balaban J connectivity index is 0.00000200. The Bertz CT molecular complexity index is 449. The smallest absolute Gasteiger partial charge is 0.240 e. The minimum atomic E-state index is -0.611. The van der Waals surface area contributed by atoms with E-state index in [0.717, 1.165) is 5.88 Å². The highest BCUT2D eigenvalue weighted by Crippen LogP contribution is 2.17. The zero-order valence-corrected chi connectivity index (χ0v) is 12.7. The van der Waals surface area contributed by atoms with E-state index in [1.54, 1.807) is 18.7 Å². The first-order chi connectivity index (χ1) is 9.13. The van der Waals surface area contributed by atoms with Crippen molar-refractivity contribution in [2.24, 2.45) is 0 Å². The summed E-state index contributed by atoms with van der Waals surface area (Å²) in [6.45, 7) is 2.20. The molecule has 1 amide bonds. The molecule has 0 aromatic heterocycles. The van der Waals surface area contributed by atoms with Crippen LogP contribution >= 0.6 is 24.2 Å². The van der Waals surface area contributed by atoms with Gasteiger partial charge in [-0.15, -0.1) is 24.2 Å². The molecule has 1 N–H and O–H groups in total. The minimum Gasteiger partial charge on any atom is -0.337 e. The predicted octanol–water partition coefficient (Wildman–Crippen LogP) is 2.40. The van der Waals surface area contributed by atoms with Crippen LogP contribution in [0.2, 0.25) is 0 Å². The molecule has 0 bridgehead atoms. The van der Waals surface area contributed by atoms with Gasteiger partial charge < -0.3 is 4.90 Å². The maximum Gasteiger partial charge on any atom is 0.240 e. The molecule has 1 saturated heterocycles. The third kappa shape index (κ3) is 3.84. The van der Waals surface area contributed by atoms with Crippen LogP contribution in [0.1, 0.15) is 12.5 Å². The molecule has 20 heavy (non-hydrogen) atoms. The number of hydrogen-bond donors (Lipinski definition) is 1. The van der Waals surface area contributed by atoms with Gasteiger partial charge in [0.2, 0.25) is 5.91 Å². The molecule has 7 heteroatoms. The number of hydrogen-bond acceptors (Lipinski definition) is 3. The molecule has 1 aromatic rings. The Morgan fingerprint density at radius 1 is 1.45 bits per heavy atom. The van der Waals surface area contributed by atoms with Crippen molar-refractivity contribution in [2.75, 3.05) is 18.2 Å². The summed E-state index contributed by atoms with van der Waals surface area (Å²) in [5, 5.41) is 3.07. The Labute approximate surface area is 127 Å². The predicted molar refractivity (Wildman–Crippen MR) is 78.9 cm³/mol. The van der Waals surface area contributed by atoms with E-state index in [-0.39, 0.29) is 36.5 Å². The first-order valence-electron chi connectivity index (χ1n) is 6.16. The molecule has 3 nitrogen and oxygen atoms in total. The van der Waals surface area contributed by atoms with Crippen molar-refractivity contribution in [1.82, 2.24) is 10.2 Å². The maximum absolute atomic E-state index is 13.6. The SMILES string of the molecule is CCN(Cc1c(F)cccc1F)C(=O)C1CSCN1.Cl. The van der Waals surface area contributed by atoms with Crippen LogP contribution in [0, 0.1) is 11.6 Å². The normalized spacial score (nSPS) is 17.6. The van der Waals surface area contributed by atoms with E-state index in [9.17, 15) is 13.6 Å². The van der Waals surface area contributed by atoms with Gasteiger partial charge in [0.25, 0.3) is 0 Å². The van der Waals surface area contributed by atoms with Gasteiger partial charge in [0, 0.05) is 23.7 Å². The summed E-state index contributed by atoms with van der Waals surface area (Å²) in [7, 11) is 0. The summed E-state index contributed by atoms with van der Waals surface area (Å²) < 4.78 is 27.2. The number of halogens is 3. The molecule has 1 unspecified atom stereocenters. The highest BCUT2D eigenvalue weighted by molar-refractivity contribution is 7.99. The Morgan fingerprint density at radius 2 is 2.10 bits per heavy atom. The first-order valence-corrected chi connectivity index (χ1v) is 7.31. The lowest BCUT2D eigenvalue weighted by Crippen LogP contribution is -2.44. The summed E-state index contributed by atoms with van der Waals surface area (Å²) in [6, 6.07) is 3.49. The molecular weight excluding hydrogens is 306 g/mol. The second kappa shape index (κ2) is 7.81. The summed E-state index contributed by atoms with van der Waals surface area (Å²) in [6.07, 6.45) is 0. The molecule has 1 heterocycles. The van der Waals surface area contributed by atoms with Crippen LogP contribution in [0.25, 0.3) is 0 Å². The van der Waals surface area contributed by atoms with E-state index in [0.29, 0.717) is 12.3 Å². The van der Waals surface area contributed by atoms with E-state index in [1.807, 2.05) is 0 Å². The molecule has 0 saturated carbocycles. The molecule has 0 aliphatic carbocycles. The topological polar surface area (TPSA) is 32.3 Å². The minimum absolute atomic E-state index is 0. The average molecular weight is 323 g/mol. The first kappa shape index (κ1) is 17.2. The molecular formula is C13H17ClF2N2OS. The van der Waals surface area contributed by atoms with Gasteiger partial charge in [-0.2, -0.15) is 0 Å². The lowest BCUT2D eigenvalue weighted by Gasteiger charge is -2.24. The molecule has 0 radical (unpaired) electrons. The summed E-state index contributed by atoms with van der Waals surface area (Å²) in [5.74, 6) is 0.118. The van der Waals surface area contributed by atoms with Gasteiger partial charge in [-0.1, -0.05) is 6.07 Å². The highest BCUT2D eigenvalue weighted by Gasteiger charge is 2.27. The zero-order chi connectivity index (χ0) is 13.8. The van der Waals surface area contributed by atoms with Gasteiger partial charge in [-0.05, 0) is 19.1 Å². The molecule has 1 aliphatic heterocycles. The Hall–Kier alpha value is -0.850. The largest absolute Gasteiger partial charge is 0.337 e. The second-order valence-electron chi connectivity index (χ2n) is 4.32. The van der Waals surface area contributed by atoms with Crippen LogP contribution in [0.4, 0.5) is 8.78 Å². The van der Waals surface area contributed by atoms with E-state index in [1.165, 1.54) is 23.1 Å². The van der Waals surface area contributed by atoms with Gasteiger partial charge in [0.15, 0.2) is 0 Å². The number of carbonyl (C=O) groups is 1. The fourth-order valence-corrected chi connectivity index (χ4v) is 2.93. The van der Waals surface area contributed by atoms with Crippen molar-refractivity contribution < 1.29 is 13.6 Å². The maximum atomic E-state index is 13.6. The standard InChI is InChI=1S/C13H16F2N2OS.ClH/c1-2-17(13(18)12-7-19-8-16-12)6-9-10(14)4-3-5-11(9)15;/h3-5,12,16H,2,6-8H2,1H3;1H. The number of nitrogens with zero attached hydrogens (tertiary/aromatic N) is 1. The van der Waals surface area contributed by atoms with Crippen molar-refractivity contribution in [3.05, 3.63) is 35.4 Å². The molecule has 1 aliphatic rings. The Morgan fingerprint density at radius 3 is 2.60 bits per heavy atom. The van der Waals surface area contributed by atoms with Gasteiger partial charge in [0.1, 0.15) is 11.6 Å². The number of benzene rings is 1. The number of amides is 1. The lowest BCUT2D eigenvalue weighted by atomic mass is 10.1. The van der Waals surface area contributed by atoms with Gasteiger partial charge in [-0.25, -0.2) is 8.78 Å². The quantitative estimate of drug-likeness (QED) is 0.924. The third-order valence-corrected chi connectivity index (χ3v) is 4.06. The highest BCUT2D eigenvalue weighted by atomic mass is 35.5. The van der Waals surface area contributed by atoms with Crippen molar-refractivity contribution in [2.45, 2.75) is 19.5 Å². The van der Waals surface area contributed by atoms with Crippen LogP contribution in [-0.4, -0.2) is 35.0 Å². The van der Waals surface area contributed by atoms with E-state index < -0.39 is 11.6 Å². The van der Waals surface area contributed by atoms with Crippen LogP contribution in [0.3, 0.4) is 0 Å². The molecule has 0 spiro atoms. The fourth-order valence-electron chi connectivity index (χ4n) is 1.99. The van der Waals surface area contributed by atoms with Crippen LogP contribution in [0.15, 0.2) is 18.2 Å². The molecule has 1 fully saturated rings. The summed E-state index contributed by atoms with van der Waals surface area (Å²) in [4.78, 5) is 13.7. The fraction of sp³-hybridized carbons (Fsp3) is 0.462. The van der Waals surface area contributed by atoms with E-state index in [4.69, 9.17) is 0 Å². The second-order valence-corrected chi connectivity index (χ2v) is 5.35. The van der Waals surface area contributed by atoms with Crippen LogP contribution in [0.5, 0.6) is 0 Å². The van der Waals surface area contributed by atoms with Crippen LogP contribution in [-0.2, 0) is 11.3 Å². The summed E-state index contributed by atoms with van der Waals surface area (Å²) >= 11 is 1.64. The van der Waals surface area contributed by atoms with E-state index >= 15 is 0 Å². The average Bonchev–Trinajstić information content (AvgIpc) is 2.92. The number of thioether (sulfide) groups is 1. The van der Waals surface area contributed by atoms with Crippen molar-refractivity contribution in [3.8, 4) is 0 Å². The number of nitrogens with one attached hydrogen (secondary N) is 1. The van der Waals surface area contributed by atoms with Gasteiger partial charge in [0.05, 0.1) is 12.6 Å². The zero-order valence-electron chi connectivity index (χ0n) is 11.1. The number of likely N-dealkylation sites (N-methyl/N-ethyl adjacent to an activating group) is 1. The molecule has 112 valence electrons. The Kier molecular flexibility index (Phi) is 6.71. The number of carbonyl (C=O) groups excluding carboxylic acids is 1. The monoisotopic (exact) mass is 322 g/mol. The van der Waals surface area contributed by atoms with Crippen molar-refractivity contribution in [3.63, 3.8) is 0 Å². The van der Waals surface area contributed by atoms with Crippen molar-refractivity contribution >= 4 is 30.1 Å². The van der Waals surface area contributed by atoms with Crippen LogP contribution < -0.4 is 5.32 Å². The van der Waals surface area contributed by atoms with Gasteiger partial charge >= 0.3 is 0 Å². The molecule has 2 rings (SSSR count). The van der Waals surface area contributed by atoms with Gasteiger partial charge in [-0.3, -0.25) is 10.1 Å². The third-order valence-electron chi connectivity index (χ3n) is 3.12. The van der Waals surface area contributed by atoms with Crippen molar-refractivity contribution in [1.29, 1.82) is 0 Å². The lowest BCUT2D eigenvalue weighted by molar-refractivity contribution is -0.133. The molecule has 1 atom stereocenters. The summed E-state index contributed by atoms with van der Waals surface area (Å²) in [5.41, 5.74) is -0.0525. The molecule has 1 aromatic carbocycles.